The Hall–Kier alpha value is -3.10. The van der Waals surface area contributed by atoms with E-state index in [0.29, 0.717) is 17.0 Å². The third-order valence-electron chi connectivity index (χ3n) is 5.44. The van der Waals surface area contributed by atoms with Crippen LogP contribution in [0.2, 0.25) is 0 Å². The quantitative estimate of drug-likeness (QED) is 0.690. The highest BCUT2D eigenvalue weighted by Crippen LogP contribution is 2.43. The van der Waals surface area contributed by atoms with Crippen molar-refractivity contribution < 1.29 is 18.0 Å². The summed E-state index contributed by atoms with van der Waals surface area (Å²) < 4.78 is 40.9. The van der Waals surface area contributed by atoms with E-state index in [9.17, 15) is 22.8 Å². The molecule has 9 heteroatoms. The number of amides is 1. The predicted molar refractivity (Wildman–Crippen MR) is 105 cm³/mol. The molecular formula is C21H21F3N4O2. The summed E-state index contributed by atoms with van der Waals surface area (Å²) in [6, 6.07) is 4.09. The van der Waals surface area contributed by atoms with Crippen molar-refractivity contribution in [2.24, 2.45) is 7.05 Å². The number of nitrogens with zero attached hydrogens (tertiary/aromatic N) is 3. The lowest BCUT2D eigenvalue weighted by Gasteiger charge is -2.16. The van der Waals surface area contributed by atoms with Gasteiger partial charge in [0.15, 0.2) is 0 Å². The largest absolute Gasteiger partial charge is 0.416 e. The number of alkyl halides is 3. The Labute approximate surface area is 170 Å². The number of carbonyl (C=O) groups is 1. The molecular weight excluding hydrogens is 397 g/mol. The molecule has 6 nitrogen and oxygen atoms in total. The van der Waals surface area contributed by atoms with Crippen LogP contribution in [0.25, 0.3) is 10.9 Å². The number of rotatable bonds is 5. The number of benzene rings is 1. The fourth-order valence-electron chi connectivity index (χ4n) is 3.67. The average Bonchev–Trinajstić information content (AvgIpc) is 3.47. The Balaban J connectivity index is 1.48. The molecule has 4 rings (SSSR count). The number of fused-ring (bicyclic) bond motifs is 1. The van der Waals surface area contributed by atoms with Crippen molar-refractivity contribution in [3.63, 3.8) is 0 Å². The second-order valence-corrected chi connectivity index (χ2v) is 7.75. The molecule has 158 valence electrons. The van der Waals surface area contributed by atoms with Gasteiger partial charge in [0, 0.05) is 18.6 Å². The molecule has 1 saturated carbocycles. The van der Waals surface area contributed by atoms with E-state index in [2.05, 4.69) is 10.4 Å². The summed E-state index contributed by atoms with van der Waals surface area (Å²) in [6.45, 7) is 1.39. The zero-order valence-corrected chi connectivity index (χ0v) is 16.5. The molecule has 1 atom stereocenters. The van der Waals surface area contributed by atoms with E-state index in [1.807, 2.05) is 6.20 Å². The van der Waals surface area contributed by atoms with Crippen molar-refractivity contribution in [2.45, 2.75) is 44.4 Å². The van der Waals surface area contributed by atoms with Gasteiger partial charge in [0.2, 0.25) is 5.91 Å². The van der Waals surface area contributed by atoms with Gasteiger partial charge in [0.1, 0.15) is 12.1 Å². The highest BCUT2D eigenvalue weighted by molar-refractivity contribution is 5.83. The zero-order valence-electron chi connectivity index (χ0n) is 16.5. The number of aryl methyl sites for hydroxylation is 1. The fourth-order valence-corrected chi connectivity index (χ4v) is 3.67. The van der Waals surface area contributed by atoms with Crippen molar-refractivity contribution in [1.82, 2.24) is 19.7 Å². The summed E-state index contributed by atoms with van der Waals surface area (Å²) in [4.78, 5) is 25.2. The molecule has 1 aliphatic carbocycles. The highest BCUT2D eigenvalue weighted by Gasteiger charge is 2.30. The van der Waals surface area contributed by atoms with Crippen LogP contribution < -0.4 is 10.9 Å². The first-order valence-electron chi connectivity index (χ1n) is 9.66. The molecule has 1 aliphatic rings. The van der Waals surface area contributed by atoms with Crippen LogP contribution in [-0.2, 0) is 24.6 Å². The number of aromatic nitrogens is 3. The number of hydrogen-bond acceptors (Lipinski definition) is 3. The number of carbonyl (C=O) groups excluding carboxylic acids is 1. The van der Waals surface area contributed by atoms with Crippen LogP contribution in [0.5, 0.6) is 0 Å². The van der Waals surface area contributed by atoms with Gasteiger partial charge in [-0.3, -0.25) is 9.59 Å². The molecule has 0 saturated heterocycles. The van der Waals surface area contributed by atoms with Crippen molar-refractivity contribution >= 4 is 16.8 Å². The van der Waals surface area contributed by atoms with E-state index in [0.717, 1.165) is 40.6 Å². The van der Waals surface area contributed by atoms with Crippen LogP contribution >= 0.6 is 0 Å². The van der Waals surface area contributed by atoms with E-state index in [4.69, 9.17) is 0 Å². The monoisotopic (exact) mass is 418 g/mol. The third kappa shape index (κ3) is 3.83. The summed E-state index contributed by atoms with van der Waals surface area (Å²) in [5.41, 5.74) is 1.06. The van der Waals surface area contributed by atoms with Crippen LogP contribution in [0.4, 0.5) is 13.2 Å². The van der Waals surface area contributed by atoms with Gasteiger partial charge >= 0.3 is 6.18 Å². The van der Waals surface area contributed by atoms with Crippen LogP contribution in [0.1, 0.15) is 48.4 Å². The third-order valence-corrected chi connectivity index (χ3v) is 5.44. The summed E-state index contributed by atoms with van der Waals surface area (Å²) in [7, 11) is 1.80. The van der Waals surface area contributed by atoms with Crippen molar-refractivity contribution in [3.8, 4) is 0 Å². The lowest BCUT2D eigenvalue weighted by Crippen LogP contribution is -2.35. The summed E-state index contributed by atoms with van der Waals surface area (Å²) in [5, 5.41) is 7.67. The van der Waals surface area contributed by atoms with Gasteiger partial charge in [-0.25, -0.2) is 4.68 Å². The van der Waals surface area contributed by atoms with E-state index in [1.54, 1.807) is 24.7 Å². The Morgan fingerprint density at radius 3 is 2.53 bits per heavy atom. The smallest absolute Gasteiger partial charge is 0.348 e. The molecule has 1 aromatic carbocycles. The Morgan fingerprint density at radius 1 is 1.27 bits per heavy atom. The molecule has 1 amide bonds. The maximum absolute atomic E-state index is 12.8. The molecule has 0 radical (unpaired) electrons. The first-order chi connectivity index (χ1) is 14.1. The number of hydrogen-bond donors (Lipinski definition) is 1. The topological polar surface area (TPSA) is 68.9 Å². The zero-order chi connectivity index (χ0) is 21.6. The lowest BCUT2D eigenvalue weighted by atomic mass is 10.1. The van der Waals surface area contributed by atoms with E-state index < -0.39 is 23.7 Å². The van der Waals surface area contributed by atoms with Crippen LogP contribution in [0.15, 0.2) is 41.5 Å². The van der Waals surface area contributed by atoms with Gasteiger partial charge in [0.25, 0.3) is 5.56 Å². The molecule has 0 spiro atoms. The molecule has 30 heavy (non-hydrogen) atoms. The summed E-state index contributed by atoms with van der Waals surface area (Å²) in [5.74, 6) is 0.0200. The normalized spacial score (nSPS) is 15.4. The van der Waals surface area contributed by atoms with Crippen molar-refractivity contribution in [1.29, 1.82) is 0 Å². The lowest BCUT2D eigenvalue weighted by molar-refractivity contribution is -0.137. The maximum Gasteiger partial charge on any atom is 0.416 e. The van der Waals surface area contributed by atoms with Crippen molar-refractivity contribution in [3.05, 3.63) is 63.7 Å². The predicted octanol–water partition coefficient (Wildman–Crippen LogP) is 3.51. The summed E-state index contributed by atoms with van der Waals surface area (Å²) in [6.07, 6.45) is 1.37. The van der Waals surface area contributed by atoms with Crippen LogP contribution in [0.3, 0.4) is 0 Å². The minimum atomic E-state index is -4.41. The molecule has 0 aliphatic heterocycles. The molecule has 1 fully saturated rings. The minimum Gasteiger partial charge on any atom is -0.348 e. The van der Waals surface area contributed by atoms with E-state index >= 15 is 0 Å². The first-order valence-corrected chi connectivity index (χ1v) is 9.66. The van der Waals surface area contributed by atoms with Gasteiger partial charge in [0.05, 0.1) is 17.8 Å². The van der Waals surface area contributed by atoms with Gasteiger partial charge in [-0.1, -0.05) is 12.1 Å². The van der Waals surface area contributed by atoms with Gasteiger partial charge < -0.3 is 9.88 Å². The SMILES string of the molecule is C[C@H](NC(=O)Cn1ncc2c(C3CC3)cn(C)c2c1=O)c1ccc(C(F)(F)F)cc1. The Kier molecular flexibility index (Phi) is 4.91. The van der Waals surface area contributed by atoms with Gasteiger partial charge in [-0.2, -0.15) is 18.3 Å². The Morgan fingerprint density at radius 2 is 1.93 bits per heavy atom. The standard InChI is InChI=1S/C21H21F3N4O2/c1-12(13-5-7-15(8-6-13)21(22,23)24)26-18(29)11-28-20(30)19-16(9-25-28)17(10-27(19)2)14-3-4-14/h5-10,12,14H,3-4,11H2,1-2H3,(H,26,29)/t12-/m0/s1. The summed E-state index contributed by atoms with van der Waals surface area (Å²) >= 11 is 0. The number of nitrogens with one attached hydrogen (secondary N) is 1. The molecule has 0 unspecified atom stereocenters. The molecule has 0 bridgehead atoms. The van der Waals surface area contributed by atoms with Gasteiger partial charge in [-0.15, -0.1) is 0 Å². The maximum atomic E-state index is 12.8. The van der Waals surface area contributed by atoms with Crippen LogP contribution in [0, 0.1) is 0 Å². The van der Waals surface area contributed by atoms with Crippen molar-refractivity contribution in [2.75, 3.05) is 0 Å². The molecule has 2 aromatic heterocycles. The average molecular weight is 418 g/mol. The first kappa shape index (κ1) is 20.2. The molecule has 1 N–H and O–H groups in total. The fraction of sp³-hybridized carbons (Fsp3) is 0.381. The van der Waals surface area contributed by atoms with E-state index in [1.165, 1.54) is 12.1 Å². The van der Waals surface area contributed by atoms with Gasteiger partial charge in [-0.05, 0) is 48.9 Å². The molecule has 3 aromatic rings. The molecule has 2 heterocycles. The number of halogens is 3. The van der Waals surface area contributed by atoms with Crippen LogP contribution in [-0.4, -0.2) is 20.3 Å². The highest BCUT2D eigenvalue weighted by atomic mass is 19.4. The second-order valence-electron chi connectivity index (χ2n) is 7.75. The second kappa shape index (κ2) is 7.30. The Bertz CT molecular complexity index is 1160. The van der Waals surface area contributed by atoms with E-state index in [-0.39, 0.29) is 12.1 Å². The minimum absolute atomic E-state index is 0.274.